The monoisotopic (exact) mass is 270 g/mol. The van der Waals surface area contributed by atoms with Gasteiger partial charge in [0, 0.05) is 11.3 Å². The molecule has 0 aliphatic heterocycles. The van der Waals surface area contributed by atoms with Crippen LogP contribution in [-0.4, -0.2) is 11.5 Å². The van der Waals surface area contributed by atoms with Gasteiger partial charge in [-0.05, 0) is 42.7 Å². The van der Waals surface area contributed by atoms with Gasteiger partial charge in [0.05, 0.1) is 5.75 Å². The zero-order chi connectivity index (χ0) is 13.7. The van der Waals surface area contributed by atoms with Crippen molar-refractivity contribution in [2.45, 2.75) is 25.2 Å². The van der Waals surface area contributed by atoms with Crippen LogP contribution in [0.5, 0.6) is 0 Å². The van der Waals surface area contributed by atoms with E-state index >= 15 is 0 Å². The van der Waals surface area contributed by atoms with Crippen molar-refractivity contribution < 1.29 is 4.79 Å². The maximum atomic E-state index is 12.0. The maximum Gasteiger partial charge on any atom is 0.147 e. The largest absolute Gasteiger partial charge is 0.298 e. The fourth-order valence-corrected chi connectivity index (χ4v) is 2.65. The van der Waals surface area contributed by atoms with Gasteiger partial charge in [0.15, 0.2) is 0 Å². The smallest absolute Gasteiger partial charge is 0.147 e. The van der Waals surface area contributed by atoms with E-state index in [-0.39, 0.29) is 5.78 Å². The summed E-state index contributed by atoms with van der Waals surface area (Å²) in [4.78, 5) is 13.1. The van der Waals surface area contributed by atoms with Crippen molar-refractivity contribution >= 4 is 17.5 Å². The van der Waals surface area contributed by atoms with Crippen LogP contribution >= 0.6 is 11.8 Å². The molecule has 0 fully saturated rings. The molecule has 2 rings (SSSR count). The molecule has 19 heavy (non-hydrogen) atoms. The molecule has 0 saturated carbocycles. The summed E-state index contributed by atoms with van der Waals surface area (Å²) in [5.41, 5.74) is 3.64. The molecule has 0 amide bonds. The highest BCUT2D eigenvalue weighted by molar-refractivity contribution is 8.00. The van der Waals surface area contributed by atoms with E-state index < -0.39 is 0 Å². The second kappa shape index (κ2) is 6.58. The molecule has 0 bridgehead atoms. The van der Waals surface area contributed by atoms with Gasteiger partial charge in [-0.3, -0.25) is 4.79 Å². The summed E-state index contributed by atoms with van der Waals surface area (Å²) in [6.07, 6.45) is 0.529. The molecule has 0 unspecified atom stereocenters. The molecular formula is C17H18OS. The van der Waals surface area contributed by atoms with Gasteiger partial charge < -0.3 is 0 Å². The number of ketones is 1. The number of hydrogen-bond donors (Lipinski definition) is 0. The fraction of sp³-hybridized carbons (Fsp3) is 0.235. The van der Waals surface area contributed by atoms with E-state index in [9.17, 15) is 4.79 Å². The summed E-state index contributed by atoms with van der Waals surface area (Å²) in [6.45, 7) is 4.17. The zero-order valence-electron chi connectivity index (χ0n) is 11.3. The molecule has 0 N–H and O–H groups in total. The number of thioether (sulfide) groups is 1. The number of carbonyl (C=O) groups is 1. The minimum absolute atomic E-state index is 0.275. The topological polar surface area (TPSA) is 17.1 Å². The van der Waals surface area contributed by atoms with Gasteiger partial charge in [0.2, 0.25) is 0 Å². The summed E-state index contributed by atoms with van der Waals surface area (Å²) < 4.78 is 0. The van der Waals surface area contributed by atoms with Crippen molar-refractivity contribution in [1.29, 1.82) is 0 Å². The van der Waals surface area contributed by atoms with Crippen LogP contribution in [0, 0.1) is 13.8 Å². The van der Waals surface area contributed by atoms with Crippen molar-refractivity contribution in [3.8, 4) is 0 Å². The lowest BCUT2D eigenvalue weighted by Crippen LogP contribution is -2.06. The number of Topliss-reactive ketones (excluding diaryl/α,β-unsaturated/α-hetero) is 1. The van der Waals surface area contributed by atoms with E-state index in [0.717, 1.165) is 10.5 Å². The van der Waals surface area contributed by atoms with Crippen molar-refractivity contribution in [2.75, 3.05) is 5.75 Å². The lowest BCUT2D eigenvalue weighted by atomic mass is 10.0. The highest BCUT2D eigenvalue weighted by Crippen LogP contribution is 2.18. The summed E-state index contributed by atoms with van der Waals surface area (Å²) in [5.74, 6) is 0.814. The van der Waals surface area contributed by atoms with Gasteiger partial charge in [-0.1, -0.05) is 36.4 Å². The van der Waals surface area contributed by atoms with Gasteiger partial charge in [-0.15, -0.1) is 11.8 Å². The van der Waals surface area contributed by atoms with Gasteiger partial charge in [0.25, 0.3) is 0 Å². The van der Waals surface area contributed by atoms with E-state index in [2.05, 4.69) is 26.0 Å². The molecule has 0 saturated heterocycles. The average molecular weight is 270 g/mol. The third-order valence-corrected chi connectivity index (χ3v) is 4.19. The van der Waals surface area contributed by atoms with Gasteiger partial charge in [0.1, 0.15) is 5.78 Å². The maximum absolute atomic E-state index is 12.0. The van der Waals surface area contributed by atoms with Gasteiger partial charge in [-0.2, -0.15) is 0 Å². The Morgan fingerprint density at radius 1 is 1.00 bits per heavy atom. The zero-order valence-corrected chi connectivity index (χ0v) is 12.2. The van der Waals surface area contributed by atoms with Gasteiger partial charge >= 0.3 is 0 Å². The van der Waals surface area contributed by atoms with Crippen molar-refractivity contribution in [2.24, 2.45) is 0 Å². The predicted octanol–water partition coefficient (Wildman–Crippen LogP) is 4.21. The van der Waals surface area contributed by atoms with Crippen LogP contribution in [0.4, 0.5) is 0 Å². The molecule has 0 aliphatic carbocycles. The third-order valence-electron chi connectivity index (χ3n) is 3.12. The van der Waals surface area contributed by atoms with Crippen molar-refractivity contribution in [1.82, 2.24) is 0 Å². The van der Waals surface area contributed by atoms with Crippen LogP contribution < -0.4 is 0 Å². The van der Waals surface area contributed by atoms with Gasteiger partial charge in [-0.25, -0.2) is 0 Å². The van der Waals surface area contributed by atoms with Crippen molar-refractivity contribution in [3.05, 3.63) is 65.2 Å². The highest BCUT2D eigenvalue weighted by Gasteiger charge is 2.05. The minimum Gasteiger partial charge on any atom is -0.298 e. The molecule has 0 heterocycles. The van der Waals surface area contributed by atoms with Crippen LogP contribution in [0.1, 0.15) is 16.7 Å². The number of hydrogen-bond acceptors (Lipinski definition) is 2. The Bertz CT molecular complexity index is 561. The Morgan fingerprint density at radius 2 is 1.74 bits per heavy atom. The van der Waals surface area contributed by atoms with Crippen LogP contribution in [0.25, 0.3) is 0 Å². The lowest BCUT2D eigenvalue weighted by molar-refractivity contribution is -0.116. The molecule has 2 heteroatoms. The minimum atomic E-state index is 0.275. The first-order valence-electron chi connectivity index (χ1n) is 6.41. The molecule has 1 nitrogen and oxygen atoms in total. The summed E-state index contributed by atoms with van der Waals surface area (Å²) in [5, 5.41) is 0. The van der Waals surface area contributed by atoms with E-state index in [1.807, 2.05) is 36.4 Å². The first-order valence-corrected chi connectivity index (χ1v) is 7.39. The fourth-order valence-electron chi connectivity index (χ4n) is 1.87. The van der Waals surface area contributed by atoms with Crippen LogP contribution in [-0.2, 0) is 11.2 Å². The van der Waals surface area contributed by atoms with E-state index in [1.165, 1.54) is 11.1 Å². The number of aryl methyl sites for hydroxylation is 2. The lowest BCUT2D eigenvalue weighted by Gasteiger charge is -2.05. The number of benzene rings is 2. The van der Waals surface area contributed by atoms with E-state index in [1.54, 1.807) is 11.8 Å². The molecular weight excluding hydrogens is 252 g/mol. The third kappa shape index (κ3) is 4.25. The second-order valence-electron chi connectivity index (χ2n) is 4.74. The average Bonchev–Trinajstić information content (AvgIpc) is 2.42. The number of rotatable bonds is 5. The Balaban J connectivity index is 1.89. The van der Waals surface area contributed by atoms with Crippen LogP contribution in [0.15, 0.2) is 53.4 Å². The molecule has 2 aromatic carbocycles. The Kier molecular flexibility index (Phi) is 4.80. The molecule has 0 aliphatic rings. The Morgan fingerprint density at radius 3 is 2.42 bits per heavy atom. The Labute approximate surface area is 119 Å². The van der Waals surface area contributed by atoms with Crippen LogP contribution in [0.3, 0.4) is 0 Å². The SMILES string of the molecule is Cc1ccc(CC(=O)CSc2ccccc2)cc1C. The Hall–Kier alpha value is -1.54. The molecule has 0 radical (unpaired) electrons. The van der Waals surface area contributed by atoms with Crippen LogP contribution in [0.2, 0.25) is 0 Å². The van der Waals surface area contributed by atoms with Crippen molar-refractivity contribution in [3.63, 3.8) is 0 Å². The van der Waals surface area contributed by atoms with E-state index in [4.69, 9.17) is 0 Å². The summed E-state index contributed by atoms with van der Waals surface area (Å²) >= 11 is 1.61. The molecule has 0 aromatic heterocycles. The molecule has 0 atom stereocenters. The first-order chi connectivity index (χ1) is 9.15. The summed E-state index contributed by atoms with van der Waals surface area (Å²) in [7, 11) is 0. The second-order valence-corrected chi connectivity index (χ2v) is 5.78. The standard InChI is InChI=1S/C17H18OS/c1-13-8-9-15(10-14(13)2)11-16(18)12-19-17-6-4-3-5-7-17/h3-10H,11-12H2,1-2H3. The molecule has 98 valence electrons. The summed E-state index contributed by atoms with van der Waals surface area (Å²) in [6, 6.07) is 16.3. The molecule has 2 aromatic rings. The normalized spacial score (nSPS) is 10.4. The highest BCUT2D eigenvalue weighted by atomic mass is 32.2. The quantitative estimate of drug-likeness (QED) is 0.757. The first kappa shape index (κ1) is 13.9. The van der Waals surface area contributed by atoms with E-state index in [0.29, 0.717) is 12.2 Å². The number of carbonyl (C=O) groups excluding carboxylic acids is 1. The molecule has 0 spiro atoms. The predicted molar refractivity (Wildman–Crippen MR) is 81.8 cm³/mol.